The highest BCUT2D eigenvalue weighted by molar-refractivity contribution is 5.84. The van der Waals surface area contributed by atoms with E-state index in [1.54, 1.807) is 6.07 Å². The summed E-state index contributed by atoms with van der Waals surface area (Å²) in [6, 6.07) is 6.90. The van der Waals surface area contributed by atoms with Crippen LogP contribution in [0.4, 0.5) is 4.39 Å². The van der Waals surface area contributed by atoms with E-state index in [2.05, 4.69) is 25.8 Å². The van der Waals surface area contributed by atoms with E-state index >= 15 is 0 Å². The van der Waals surface area contributed by atoms with Crippen LogP contribution in [0.15, 0.2) is 24.3 Å². The Bertz CT molecular complexity index is 538. The van der Waals surface area contributed by atoms with Gasteiger partial charge in [-0.25, -0.2) is 4.39 Å². The van der Waals surface area contributed by atoms with E-state index in [0.29, 0.717) is 0 Å². The standard InChI is InChI=1S/C14H16FN/c1-9-12-8-11(15)6-5-10(12)7-13(16-9)14(2,3)4/h5-8H,1-4H3. The molecule has 0 fully saturated rings. The van der Waals surface area contributed by atoms with Gasteiger partial charge in [-0.2, -0.15) is 0 Å². The molecule has 84 valence electrons. The Morgan fingerprint density at radius 1 is 1.12 bits per heavy atom. The molecule has 1 nitrogen and oxygen atoms in total. The predicted molar refractivity (Wildman–Crippen MR) is 65.1 cm³/mol. The fourth-order valence-corrected chi connectivity index (χ4v) is 1.77. The summed E-state index contributed by atoms with van der Waals surface area (Å²) in [7, 11) is 0. The summed E-state index contributed by atoms with van der Waals surface area (Å²) in [6.07, 6.45) is 0. The quantitative estimate of drug-likeness (QED) is 0.650. The number of aryl methyl sites for hydroxylation is 1. The van der Waals surface area contributed by atoms with Gasteiger partial charge in [-0.1, -0.05) is 26.8 Å². The van der Waals surface area contributed by atoms with Gasteiger partial charge < -0.3 is 0 Å². The highest BCUT2D eigenvalue weighted by atomic mass is 19.1. The first-order valence-corrected chi connectivity index (χ1v) is 5.45. The Morgan fingerprint density at radius 2 is 1.81 bits per heavy atom. The molecule has 0 bridgehead atoms. The van der Waals surface area contributed by atoms with Gasteiger partial charge in [0, 0.05) is 22.2 Å². The SMILES string of the molecule is Cc1nc(C(C)(C)C)cc2ccc(F)cc12. The van der Waals surface area contributed by atoms with Crippen LogP contribution in [0, 0.1) is 12.7 Å². The van der Waals surface area contributed by atoms with Gasteiger partial charge in [0.2, 0.25) is 0 Å². The van der Waals surface area contributed by atoms with Gasteiger partial charge in [-0.3, -0.25) is 4.98 Å². The summed E-state index contributed by atoms with van der Waals surface area (Å²) in [4.78, 5) is 4.55. The van der Waals surface area contributed by atoms with E-state index in [4.69, 9.17) is 0 Å². The summed E-state index contributed by atoms with van der Waals surface area (Å²) < 4.78 is 13.1. The normalized spacial score (nSPS) is 12.1. The van der Waals surface area contributed by atoms with Gasteiger partial charge in [0.25, 0.3) is 0 Å². The average molecular weight is 217 g/mol. The van der Waals surface area contributed by atoms with E-state index in [0.717, 1.165) is 22.2 Å². The number of pyridine rings is 1. The van der Waals surface area contributed by atoms with E-state index in [-0.39, 0.29) is 11.2 Å². The molecule has 0 amide bonds. The third-order valence-corrected chi connectivity index (χ3v) is 2.75. The lowest BCUT2D eigenvalue weighted by molar-refractivity contribution is 0.568. The van der Waals surface area contributed by atoms with Crippen molar-refractivity contribution in [3.05, 3.63) is 41.5 Å². The van der Waals surface area contributed by atoms with Crippen LogP contribution in [0.1, 0.15) is 32.2 Å². The number of rotatable bonds is 0. The van der Waals surface area contributed by atoms with Crippen LogP contribution in [-0.4, -0.2) is 4.98 Å². The lowest BCUT2D eigenvalue weighted by Gasteiger charge is -2.19. The summed E-state index contributed by atoms with van der Waals surface area (Å²) in [5, 5.41) is 1.95. The monoisotopic (exact) mass is 217 g/mol. The number of aromatic nitrogens is 1. The van der Waals surface area contributed by atoms with Crippen molar-refractivity contribution >= 4 is 10.8 Å². The Labute approximate surface area is 95.3 Å². The molecular formula is C14H16FN. The molecule has 0 saturated carbocycles. The number of benzene rings is 1. The molecule has 0 radical (unpaired) electrons. The molecule has 2 heteroatoms. The average Bonchev–Trinajstić information content (AvgIpc) is 2.17. The second kappa shape index (κ2) is 3.55. The summed E-state index contributed by atoms with van der Waals surface area (Å²) >= 11 is 0. The van der Waals surface area contributed by atoms with Crippen molar-refractivity contribution in [1.29, 1.82) is 0 Å². The van der Waals surface area contributed by atoms with E-state index < -0.39 is 0 Å². The van der Waals surface area contributed by atoms with Crippen molar-refractivity contribution in [3.63, 3.8) is 0 Å². The Kier molecular flexibility index (Phi) is 2.45. The zero-order chi connectivity index (χ0) is 11.9. The molecule has 0 unspecified atom stereocenters. The fourth-order valence-electron chi connectivity index (χ4n) is 1.77. The van der Waals surface area contributed by atoms with Crippen molar-refractivity contribution in [2.24, 2.45) is 0 Å². The van der Waals surface area contributed by atoms with Gasteiger partial charge in [0.15, 0.2) is 0 Å². The molecule has 16 heavy (non-hydrogen) atoms. The maximum atomic E-state index is 13.1. The molecule has 0 aliphatic carbocycles. The van der Waals surface area contributed by atoms with Crippen LogP contribution in [0.5, 0.6) is 0 Å². The molecule has 0 saturated heterocycles. The van der Waals surface area contributed by atoms with Gasteiger partial charge in [0.05, 0.1) is 0 Å². The minimum absolute atomic E-state index is 0.0212. The van der Waals surface area contributed by atoms with Gasteiger partial charge in [-0.05, 0) is 30.5 Å². The lowest BCUT2D eigenvalue weighted by atomic mass is 9.90. The highest BCUT2D eigenvalue weighted by Gasteiger charge is 2.16. The van der Waals surface area contributed by atoms with Crippen molar-refractivity contribution in [2.75, 3.05) is 0 Å². The number of hydrogen-bond donors (Lipinski definition) is 0. The second-order valence-corrected chi connectivity index (χ2v) is 5.21. The Hall–Kier alpha value is -1.44. The molecule has 0 N–H and O–H groups in total. The number of halogens is 1. The molecule has 0 spiro atoms. The minimum Gasteiger partial charge on any atom is -0.257 e. The first-order valence-electron chi connectivity index (χ1n) is 5.45. The molecule has 1 aromatic heterocycles. The molecule has 0 atom stereocenters. The van der Waals surface area contributed by atoms with Crippen LogP contribution >= 0.6 is 0 Å². The van der Waals surface area contributed by atoms with Crippen LogP contribution in [0.2, 0.25) is 0 Å². The number of hydrogen-bond acceptors (Lipinski definition) is 1. The summed E-state index contributed by atoms with van der Waals surface area (Å²) in [6.45, 7) is 8.31. The Balaban J connectivity index is 2.74. The predicted octanol–water partition coefficient (Wildman–Crippen LogP) is 3.98. The maximum Gasteiger partial charge on any atom is 0.123 e. The van der Waals surface area contributed by atoms with Crippen LogP contribution in [0.3, 0.4) is 0 Å². The maximum absolute atomic E-state index is 13.1. The lowest BCUT2D eigenvalue weighted by Crippen LogP contribution is -2.14. The third-order valence-electron chi connectivity index (χ3n) is 2.75. The molecular weight excluding hydrogens is 201 g/mol. The van der Waals surface area contributed by atoms with E-state index in [9.17, 15) is 4.39 Å². The molecule has 1 heterocycles. The van der Waals surface area contributed by atoms with Crippen LogP contribution in [0.25, 0.3) is 10.8 Å². The zero-order valence-corrected chi connectivity index (χ0v) is 10.1. The summed E-state index contributed by atoms with van der Waals surface area (Å²) in [5.41, 5.74) is 1.96. The van der Waals surface area contributed by atoms with E-state index in [1.807, 2.05) is 19.1 Å². The topological polar surface area (TPSA) is 12.9 Å². The molecule has 2 rings (SSSR count). The third kappa shape index (κ3) is 1.92. The van der Waals surface area contributed by atoms with E-state index in [1.165, 1.54) is 6.07 Å². The minimum atomic E-state index is -0.207. The fraction of sp³-hybridized carbons (Fsp3) is 0.357. The smallest absolute Gasteiger partial charge is 0.123 e. The first-order chi connectivity index (χ1) is 7.38. The summed E-state index contributed by atoms with van der Waals surface area (Å²) in [5.74, 6) is -0.207. The van der Waals surface area contributed by atoms with Gasteiger partial charge in [0.1, 0.15) is 5.82 Å². The van der Waals surface area contributed by atoms with Crippen molar-refractivity contribution in [3.8, 4) is 0 Å². The molecule has 2 aromatic rings. The van der Waals surface area contributed by atoms with Crippen molar-refractivity contribution in [2.45, 2.75) is 33.1 Å². The molecule has 0 aliphatic heterocycles. The Morgan fingerprint density at radius 3 is 2.44 bits per heavy atom. The molecule has 1 aromatic carbocycles. The number of nitrogens with zero attached hydrogens (tertiary/aromatic N) is 1. The second-order valence-electron chi connectivity index (χ2n) is 5.21. The highest BCUT2D eigenvalue weighted by Crippen LogP contribution is 2.26. The van der Waals surface area contributed by atoms with Gasteiger partial charge >= 0.3 is 0 Å². The first kappa shape index (κ1) is 11.1. The zero-order valence-electron chi connectivity index (χ0n) is 10.1. The van der Waals surface area contributed by atoms with Crippen molar-refractivity contribution in [1.82, 2.24) is 4.98 Å². The molecule has 0 aliphatic rings. The van der Waals surface area contributed by atoms with Crippen LogP contribution in [-0.2, 0) is 5.41 Å². The van der Waals surface area contributed by atoms with Gasteiger partial charge in [-0.15, -0.1) is 0 Å². The van der Waals surface area contributed by atoms with Crippen molar-refractivity contribution < 1.29 is 4.39 Å². The largest absolute Gasteiger partial charge is 0.257 e. The number of fused-ring (bicyclic) bond motifs is 1. The van der Waals surface area contributed by atoms with Crippen LogP contribution < -0.4 is 0 Å².